The highest BCUT2D eigenvalue weighted by Gasteiger charge is 2.20. The van der Waals surface area contributed by atoms with Crippen LogP contribution in [0.15, 0.2) is 12.3 Å². The molecule has 0 spiro atoms. The summed E-state index contributed by atoms with van der Waals surface area (Å²) < 4.78 is 0. The summed E-state index contributed by atoms with van der Waals surface area (Å²) in [6.45, 7) is 2.11. The normalized spacial score (nSPS) is 17.5. The largest absolute Gasteiger partial charge is 0.350 e. The van der Waals surface area contributed by atoms with Gasteiger partial charge in [-0.3, -0.25) is 9.69 Å². The third kappa shape index (κ3) is 1.00. The molecule has 1 rings (SSSR count). The van der Waals surface area contributed by atoms with Gasteiger partial charge in [0.25, 0.3) is 5.91 Å². The van der Waals surface area contributed by atoms with E-state index in [0.29, 0.717) is 6.54 Å². The maximum atomic E-state index is 10.8. The quantitative estimate of drug-likeness (QED) is 0.516. The van der Waals surface area contributed by atoms with Crippen LogP contribution in [0.5, 0.6) is 0 Å². The van der Waals surface area contributed by atoms with Gasteiger partial charge in [0.1, 0.15) is 0 Å². The fraction of sp³-hybridized carbons (Fsp3) is 0.333. The molecular weight excluding hydrogens is 132 g/mol. The lowest BCUT2D eigenvalue weighted by Gasteiger charge is -2.17. The van der Waals surface area contributed by atoms with Gasteiger partial charge >= 0.3 is 6.03 Å². The van der Waals surface area contributed by atoms with Crippen LogP contribution in [-0.4, -0.2) is 23.4 Å². The molecule has 1 heterocycles. The number of imide groups is 1. The number of likely N-dealkylation sites (N-methyl/N-ethyl adjacent to an activating group) is 1. The van der Waals surface area contributed by atoms with Gasteiger partial charge in [-0.05, 0) is 6.92 Å². The van der Waals surface area contributed by atoms with Gasteiger partial charge in [-0.2, -0.15) is 0 Å². The van der Waals surface area contributed by atoms with Crippen molar-refractivity contribution in [3.63, 3.8) is 0 Å². The predicted octanol–water partition coefficient (Wildman–Crippen LogP) is 0.0866. The summed E-state index contributed by atoms with van der Waals surface area (Å²) >= 11 is 0. The first-order chi connectivity index (χ1) is 4.75. The first kappa shape index (κ1) is 6.80. The van der Waals surface area contributed by atoms with Crippen LogP contribution >= 0.6 is 0 Å². The number of nitrogens with zero attached hydrogens (tertiary/aromatic N) is 2. The molecule has 0 atom stereocenters. The number of carbonyl (C=O) groups is 2. The number of urea groups is 1. The van der Waals surface area contributed by atoms with Crippen LogP contribution in [0.1, 0.15) is 6.92 Å². The van der Waals surface area contributed by atoms with E-state index in [1.165, 1.54) is 12.3 Å². The Bertz CT molecular complexity index is 198. The van der Waals surface area contributed by atoms with Gasteiger partial charge in [0, 0.05) is 18.8 Å². The first-order valence-corrected chi connectivity index (χ1v) is 2.98. The Kier molecular flexibility index (Phi) is 1.71. The molecule has 0 aromatic heterocycles. The van der Waals surface area contributed by atoms with Crippen molar-refractivity contribution in [1.82, 2.24) is 10.2 Å². The molecule has 3 amide bonds. The third-order valence-corrected chi connectivity index (χ3v) is 1.22. The van der Waals surface area contributed by atoms with Crippen molar-refractivity contribution >= 4 is 11.9 Å². The minimum absolute atomic E-state index is 0.289. The van der Waals surface area contributed by atoms with Gasteiger partial charge in [-0.15, -0.1) is 0 Å². The average molecular weight is 139 g/mol. The van der Waals surface area contributed by atoms with Crippen LogP contribution in [0, 0.1) is 0 Å². The van der Waals surface area contributed by atoms with Crippen molar-refractivity contribution in [3.8, 4) is 0 Å². The minimum Gasteiger partial charge on any atom is -0.269 e. The van der Waals surface area contributed by atoms with E-state index in [9.17, 15) is 9.59 Å². The second kappa shape index (κ2) is 2.51. The lowest BCUT2D eigenvalue weighted by Crippen LogP contribution is -2.41. The standard InChI is InChI=1S/C6H7N2O2/c1-2-8-5(9)3-4-7-6(8)10/h3-4H,2H2,1H3. The van der Waals surface area contributed by atoms with Crippen LogP contribution in [0.4, 0.5) is 4.79 Å². The predicted molar refractivity (Wildman–Crippen MR) is 34.1 cm³/mol. The molecular formula is C6H7N2O2. The molecule has 0 N–H and O–H groups in total. The minimum atomic E-state index is -0.477. The van der Waals surface area contributed by atoms with Crippen LogP contribution in [0.2, 0.25) is 0 Å². The van der Waals surface area contributed by atoms with E-state index in [1.807, 2.05) is 0 Å². The Morgan fingerprint density at radius 1 is 1.60 bits per heavy atom. The smallest absolute Gasteiger partial charge is 0.269 e. The van der Waals surface area contributed by atoms with E-state index in [4.69, 9.17) is 0 Å². The SMILES string of the molecule is CCN1C(=O)C=C[N]C1=O. The summed E-state index contributed by atoms with van der Waals surface area (Å²) in [5.74, 6) is -0.289. The second-order valence-electron chi connectivity index (χ2n) is 1.81. The van der Waals surface area contributed by atoms with Crippen LogP contribution in [0.25, 0.3) is 0 Å². The van der Waals surface area contributed by atoms with E-state index >= 15 is 0 Å². The molecule has 0 fully saturated rings. The highest BCUT2D eigenvalue weighted by molar-refractivity contribution is 6.02. The van der Waals surface area contributed by atoms with Crippen molar-refractivity contribution in [2.45, 2.75) is 6.92 Å². The monoisotopic (exact) mass is 139 g/mol. The molecule has 0 unspecified atom stereocenters. The van der Waals surface area contributed by atoms with E-state index in [2.05, 4.69) is 5.32 Å². The van der Waals surface area contributed by atoms with Crippen molar-refractivity contribution < 1.29 is 9.59 Å². The van der Waals surface area contributed by atoms with Gasteiger partial charge < -0.3 is 0 Å². The summed E-state index contributed by atoms with van der Waals surface area (Å²) in [7, 11) is 0. The topological polar surface area (TPSA) is 51.5 Å². The molecule has 0 saturated heterocycles. The molecule has 10 heavy (non-hydrogen) atoms. The maximum Gasteiger partial charge on any atom is 0.350 e. The fourth-order valence-electron chi connectivity index (χ4n) is 0.710. The molecule has 1 aliphatic rings. The van der Waals surface area contributed by atoms with Gasteiger partial charge in [-0.1, -0.05) is 0 Å². The van der Waals surface area contributed by atoms with Gasteiger partial charge in [-0.25, -0.2) is 10.1 Å². The summed E-state index contributed by atoms with van der Waals surface area (Å²) in [5.41, 5.74) is 0. The number of rotatable bonds is 1. The van der Waals surface area contributed by atoms with Crippen molar-refractivity contribution in [2.24, 2.45) is 0 Å². The molecule has 1 aliphatic heterocycles. The molecule has 4 heteroatoms. The lowest BCUT2D eigenvalue weighted by atomic mass is 10.4. The highest BCUT2D eigenvalue weighted by atomic mass is 16.2. The van der Waals surface area contributed by atoms with Gasteiger partial charge in [0.15, 0.2) is 0 Å². The van der Waals surface area contributed by atoms with Gasteiger partial charge in [0.05, 0.1) is 0 Å². The molecule has 1 radical (unpaired) electrons. The van der Waals surface area contributed by atoms with Crippen molar-refractivity contribution in [1.29, 1.82) is 0 Å². The van der Waals surface area contributed by atoms with E-state index in [-0.39, 0.29) is 5.91 Å². The van der Waals surface area contributed by atoms with Crippen LogP contribution < -0.4 is 5.32 Å². The lowest BCUT2D eigenvalue weighted by molar-refractivity contribution is -0.123. The average Bonchev–Trinajstić information content (AvgIpc) is 1.88. The fourth-order valence-corrected chi connectivity index (χ4v) is 0.710. The Morgan fingerprint density at radius 3 is 2.70 bits per heavy atom. The zero-order chi connectivity index (χ0) is 7.56. The Balaban J connectivity index is 2.77. The molecule has 4 nitrogen and oxygen atoms in total. The van der Waals surface area contributed by atoms with E-state index in [1.54, 1.807) is 6.92 Å². The Hall–Kier alpha value is -1.32. The number of hydrogen-bond acceptors (Lipinski definition) is 2. The summed E-state index contributed by atoms with van der Waals surface area (Å²) in [6.07, 6.45) is 2.49. The first-order valence-electron chi connectivity index (χ1n) is 2.98. The zero-order valence-corrected chi connectivity index (χ0v) is 5.57. The van der Waals surface area contributed by atoms with Crippen molar-refractivity contribution in [3.05, 3.63) is 12.3 Å². The number of carbonyl (C=O) groups excluding carboxylic acids is 2. The van der Waals surface area contributed by atoms with Crippen LogP contribution in [0.3, 0.4) is 0 Å². The number of hydrogen-bond donors (Lipinski definition) is 0. The molecule has 0 saturated carbocycles. The summed E-state index contributed by atoms with van der Waals surface area (Å²) in [6, 6.07) is -0.477. The summed E-state index contributed by atoms with van der Waals surface area (Å²) in [5, 5.41) is 3.42. The van der Waals surface area contributed by atoms with Crippen LogP contribution in [-0.2, 0) is 4.79 Å². The molecule has 0 aromatic rings. The molecule has 0 aliphatic carbocycles. The third-order valence-electron chi connectivity index (χ3n) is 1.22. The zero-order valence-electron chi connectivity index (χ0n) is 5.57. The summed E-state index contributed by atoms with van der Waals surface area (Å²) in [4.78, 5) is 22.6. The van der Waals surface area contributed by atoms with Crippen molar-refractivity contribution in [2.75, 3.05) is 6.54 Å². The molecule has 0 bridgehead atoms. The second-order valence-corrected chi connectivity index (χ2v) is 1.81. The Morgan fingerprint density at radius 2 is 2.30 bits per heavy atom. The van der Waals surface area contributed by atoms with E-state index < -0.39 is 6.03 Å². The Labute approximate surface area is 58.5 Å². The van der Waals surface area contributed by atoms with E-state index in [0.717, 1.165) is 4.90 Å². The maximum absolute atomic E-state index is 10.8. The highest BCUT2D eigenvalue weighted by Crippen LogP contribution is 1.97. The number of amides is 3. The molecule has 53 valence electrons. The van der Waals surface area contributed by atoms with Gasteiger partial charge in [0.2, 0.25) is 0 Å². The molecule has 0 aromatic carbocycles.